The van der Waals surface area contributed by atoms with Crippen molar-refractivity contribution in [3.63, 3.8) is 0 Å². The number of halogens is 2. The molecule has 0 bridgehead atoms. The molecule has 110 valence electrons. The molecule has 2 aliphatic heterocycles. The molecular formula is C15H20ClFN2O. The minimum Gasteiger partial charge on any atom is -0.374 e. The van der Waals surface area contributed by atoms with Crippen molar-refractivity contribution in [2.45, 2.75) is 37.5 Å². The minimum absolute atomic E-state index is 0.00341. The quantitative estimate of drug-likeness (QED) is 0.930. The van der Waals surface area contributed by atoms with Gasteiger partial charge in [0, 0.05) is 23.7 Å². The van der Waals surface area contributed by atoms with Crippen LogP contribution in [0.2, 0.25) is 5.02 Å². The third-order valence-corrected chi connectivity index (χ3v) is 4.73. The number of rotatable bonds is 3. The summed E-state index contributed by atoms with van der Waals surface area (Å²) in [5, 5.41) is 0.566. The van der Waals surface area contributed by atoms with Crippen molar-refractivity contribution in [2.24, 2.45) is 5.73 Å². The van der Waals surface area contributed by atoms with Gasteiger partial charge in [0.15, 0.2) is 0 Å². The van der Waals surface area contributed by atoms with E-state index in [-0.39, 0.29) is 18.0 Å². The highest BCUT2D eigenvalue weighted by molar-refractivity contribution is 6.31. The van der Waals surface area contributed by atoms with Crippen LogP contribution in [0.3, 0.4) is 0 Å². The molecule has 1 aromatic rings. The predicted molar refractivity (Wildman–Crippen MR) is 77.4 cm³/mol. The number of hydrogen-bond donors (Lipinski definition) is 1. The van der Waals surface area contributed by atoms with Crippen LogP contribution in [-0.4, -0.2) is 42.8 Å². The molecule has 5 heteroatoms. The topological polar surface area (TPSA) is 38.5 Å². The summed E-state index contributed by atoms with van der Waals surface area (Å²) in [6.45, 7) is 2.77. The zero-order chi connectivity index (χ0) is 14.1. The summed E-state index contributed by atoms with van der Waals surface area (Å²) in [6.07, 6.45) is 3.01. The van der Waals surface area contributed by atoms with E-state index in [1.807, 2.05) is 0 Å². The fourth-order valence-electron chi connectivity index (χ4n) is 3.19. The molecule has 0 radical (unpaired) electrons. The van der Waals surface area contributed by atoms with Crippen LogP contribution >= 0.6 is 11.6 Å². The molecule has 0 aromatic heterocycles. The smallest absolute Gasteiger partial charge is 0.123 e. The van der Waals surface area contributed by atoms with Gasteiger partial charge in [-0.05, 0) is 49.6 Å². The first-order chi connectivity index (χ1) is 9.63. The second kappa shape index (κ2) is 5.98. The Bertz CT molecular complexity index is 485. The number of nitrogens with two attached hydrogens (primary N) is 1. The number of morpholine rings is 1. The highest BCUT2D eigenvalue weighted by Gasteiger charge is 2.34. The maximum atomic E-state index is 13.3. The van der Waals surface area contributed by atoms with Gasteiger partial charge in [-0.3, -0.25) is 4.90 Å². The van der Waals surface area contributed by atoms with Gasteiger partial charge in [0.05, 0.1) is 12.7 Å². The summed E-state index contributed by atoms with van der Waals surface area (Å²) in [5.41, 5.74) is 7.01. The molecule has 0 amide bonds. The lowest BCUT2D eigenvalue weighted by molar-refractivity contribution is -0.0589. The third-order valence-electron chi connectivity index (χ3n) is 4.36. The molecule has 3 unspecified atom stereocenters. The van der Waals surface area contributed by atoms with Crippen molar-refractivity contribution in [1.82, 2.24) is 4.90 Å². The maximum Gasteiger partial charge on any atom is 0.123 e. The Kier molecular flexibility index (Phi) is 4.26. The van der Waals surface area contributed by atoms with Crippen molar-refractivity contribution < 1.29 is 9.13 Å². The Balaban J connectivity index is 1.64. The average molecular weight is 299 g/mol. The van der Waals surface area contributed by atoms with Crippen molar-refractivity contribution >= 4 is 11.6 Å². The first-order valence-electron chi connectivity index (χ1n) is 7.18. The zero-order valence-corrected chi connectivity index (χ0v) is 12.2. The Morgan fingerprint density at radius 1 is 1.50 bits per heavy atom. The van der Waals surface area contributed by atoms with Crippen LogP contribution in [-0.2, 0) is 11.2 Å². The van der Waals surface area contributed by atoms with Gasteiger partial charge in [-0.15, -0.1) is 0 Å². The van der Waals surface area contributed by atoms with Crippen LogP contribution in [0.4, 0.5) is 4.39 Å². The van der Waals surface area contributed by atoms with Crippen LogP contribution in [0.5, 0.6) is 0 Å². The highest BCUT2D eigenvalue weighted by Crippen LogP contribution is 2.25. The molecule has 3 rings (SSSR count). The molecule has 20 heavy (non-hydrogen) atoms. The molecule has 2 aliphatic rings. The van der Waals surface area contributed by atoms with E-state index in [1.54, 1.807) is 6.07 Å². The Hall–Kier alpha value is -0.680. The summed E-state index contributed by atoms with van der Waals surface area (Å²) >= 11 is 6.09. The SMILES string of the molecule is NC(Cc1cc(F)ccc1Cl)C1CN2CCCC2CO1. The normalized spacial score (nSPS) is 28.4. The van der Waals surface area contributed by atoms with Crippen LogP contribution < -0.4 is 5.73 Å². The van der Waals surface area contributed by atoms with Gasteiger partial charge < -0.3 is 10.5 Å². The Morgan fingerprint density at radius 2 is 2.35 bits per heavy atom. The molecular weight excluding hydrogens is 279 g/mol. The maximum absolute atomic E-state index is 13.3. The van der Waals surface area contributed by atoms with E-state index in [0.717, 1.165) is 25.3 Å². The number of benzene rings is 1. The number of fused-ring (bicyclic) bond motifs is 1. The molecule has 0 saturated carbocycles. The van der Waals surface area contributed by atoms with Crippen molar-refractivity contribution in [3.8, 4) is 0 Å². The van der Waals surface area contributed by atoms with E-state index in [0.29, 0.717) is 17.5 Å². The predicted octanol–water partition coefficient (Wildman–Crippen LogP) is 2.21. The van der Waals surface area contributed by atoms with Gasteiger partial charge in [-0.1, -0.05) is 11.6 Å². The van der Waals surface area contributed by atoms with Gasteiger partial charge in [-0.25, -0.2) is 4.39 Å². The first-order valence-corrected chi connectivity index (χ1v) is 7.56. The van der Waals surface area contributed by atoms with E-state index in [1.165, 1.54) is 25.0 Å². The summed E-state index contributed by atoms with van der Waals surface area (Å²) in [5.74, 6) is -0.277. The molecule has 0 aliphatic carbocycles. The first kappa shape index (κ1) is 14.3. The fraction of sp³-hybridized carbons (Fsp3) is 0.600. The lowest BCUT2D eigenvalue weighted by Gasteiger charge is -2.37. The summed E-state index contributed by atoms with van der Waals surface area (Å²) in [7, 11) is 0. The zero-order valence-electron chi connectivity index (χ0n) is 11.4. The van der Waals surface area contributed by atoms with E-state index in [2.05, 4.69) is 4.90 Å². The van der Waals surface area contributed by atoms with E-state index in [9.17, 15) is 4.39 Å². The van der Waals surface area contributed by atoms with E-state index < -0.39 is 0 Å². The Labute approximate surface area is 123 Å². The van der Waals surface area contributed by atoms with Crippen LogP contribution in [0.15, 0.2) is 18.2 Å². The summed E-state index contributed by atoms with van der Waals surface area (Å²) in [4.78, 5) is 2.46. The van der Waals surface area contributed by atoms with Gasteiger partial charge in [0.25, 0.3) is 0 Å². The highest BCUT2D eigenvalue weighted by atomic mass is 35.5. The van der Waals surface area contributed by atoms with Gasteiger partial charge in [0.2, 0.25) is 0 Å². The molecule has 2 fully saturated rings. The molecule has 0 spiro atoms. The van der Waals surface area contributed by atoms with Crippen molar-refractivity contribution in [3.05, 3.63) is 34.6 Å². The van der Waals surface area contributed by atoms with Crippen molar-refractivity contribution in [1.29, 1.82) is 0 Å². The minimum atomic E-state index is -0.277. The second-order valence-electron chi connectivity index (χ2n) is 5.77. The lowest BCUT2D eigenvalue weighted by atomic mass is 10.00. The van der Waals surface area contributed by atoms with Gasteiger partial charge in [-0.2, -0.15) is 0 Å². The molecule has 3 atom stereocenters. The molecule has 2 saturated heterocycles. The van der Waals surface area contributed by atoms with Gasteiger partial charge in [0.1, 0.15) is 5.82 Å². The molecule has 3 nitrogen and oxygen atoms in total. The average Bonchev–Trinajstić information content (AvgIpc) is 2.90. The van der Waals surface area contributed by atoms with E-state index >= 15 is 0 Å². The van der Waals surface area contributed by atoms with E-state index in [4.69, 9.17) is 22.1 Å². The molecule has 1 aromatic carbocycles. The van der Waals surface area contributed by atoms with Crippen LogP contribution in [0.25, 0.3) is 0 Å². The van der Waals surface area contributed by atoms with Gasteiger partial charge >= 0.3 is 0 Å². The molecule has 2 heterocycles. The monoisotopic (exact) mass is 298 g/mol. The number of ether oxygens (including phenoxy) is 1. The van der Waals surface area contributed by atoms with Crippen molar-refractivity contribution in [2.75, 3.05) is 19.7 Å². The second-order valence-corrected chi connectivity index (χ2v) is 6.17. The Morgan fingerprint density at radius 3 is 3.20 bits per heavy atom. The summed E-state index contributed by atoms with van der Waals surface area (Å²) in [6, 6.07) is 4.82. The van der Waals surface area contributed by atoms with Crippen LogP contribution in [0, 0.1) is 5.82 Å². The fourth-order valence-corrected chi connectivity index (χ4v) is 3.38. The number of nitrogens with zero attached hydrogens (tertiary/aromatic N) is 1. The largest absolute Gasteiger partial charge is 0.374 e. The summed E-state index contributed by atoms with van der Waals surface area (Å²) < 4.78 is 19.2. The standard InChI is InChI=1S/C15H20ClFN2O/c16-13-4-3-11(17)6-10(13)7-14(18)15-8-19-5-1-2-12(19)9-20-15/h3-4,6,12,14-15H,1-2,5,7-9,18H2. The van der Waals surface area contributed by atoms with Crippen LogP contribution in [0.1, 0.15) is 18.4 Å². The number of hydrogen-bond acceptors (Lipinski definition) is 3. The third kappa shape index (κ3) is 2.98. The lowest BCUT2D eigenvalue weighted by Crippen LogP contribution is -2.53. The molecule has 2 N–H and O–H groups in total.